The van der Waals surface area contributed by atoms with E-state index in [1.165, 1.54) is 10.9 Å². The summed E-state index contributed by atoms with van der Waals surface area (Å²) >= 11 is 6.10. The minimum Gasteiger partial charge on any atom is -0.386 e. The van der Waals surface area contributed by atoms with Crippen LogP contribution in [0.4, 0.5) is 5.82 Å². The standard InChI is InChI=1S/C10H11ClN5O6P/c11-10-15-4-7(12)13-2-14-8(4)16(10)9-5(17)6-3(21-9)1-20-23(18,19)22-6/h2-3,5-6,9,17H,1H2,(H,18,19)(H2,12,13,14)/t3?,5-,6-,9-/m1/s1. The minimum atomic E-state index is -4.21. The highest BCUT2D eigenvalue weighted by Crippen LogP contribution is 2.52. The molecule has 0 amide bonds. The van der Waals surface area contributed by atoms with Gasteiger partial charge in [0, 0.05) is 0 Å². The molecular formula is C10H11ClN5O6P. The zero-order valence-corrected chi connectivity index (χ0v) is 13.0. The Hall–Kier alpha value is -1.33. The van der Waals surface area contributed by atoms with Gasteiger partial charge in [-0.05, 0) is 11.6 Å². The molecule has 5 atom stereocenters. The van der Waals surface area contributed by atoms with Crippen LogP contribution in [0.5, 0.6) is 0 Å². The topological polar surface area (TPSA) is 155 Å². The van der Waals surface area contributed by atoms with Crippen molar-refractivity contribution < 1.29 is 28.3 Å². The van der Waals surface area contributed by atoms with Gasteiger partial charge in [-0.25, -0.2) is 19.5 Å². The highest BCUT2D eigenvalue weighted by molar-refractivity contribution is 7.47. The number of phosphoric ester groups is 1. The maximum atomic E-state index is 11.5. The number of hydrogen-bond donors (Lipinski definition) is 3. The number of imidazole rings is 1. The van der Waals surface area contributed by atoms with Gasteiger partial charge < -0.3 is 20.5 Å². The summed E-state index contributed by atoms with van der Waals surface area (Å²) in [5, 5.41) is 10.4. The van der Waals surface area contributed by atoms with Crippen LogP contribution < -0.4 is 5.73 Å². The first-order valence-electron chi connectivity index (χ1n) is 6.50. The van der Waals surface area contributed by atoms with Crippen LogP contribution >= 0.6 is 19.4 Å². The van der Waals surface area contributed by atoms with E-state index < -0.39 is 32.4 Å². The van der Waals surface area contributed by atoms with Crippen LogP contribution in [0.1, 0.15) is 6.23 Å². The average molecular weight is 364 g/mol. The molecule has 4 heterocycles. The molecule has 2 aliphatic rings. The van der Waals surface area contributed by atoms with Gasteiger partial charge >= 0.3 is 7.82 Å². The number of nitrogens with zero attached hydrogens (tertiary/aromatic N) is 4. The Morgan fingerprint density at radius 1 is 1.48 bits per heavy atom. The third-order valence-corrected chi connectivity index (χ3v) is 4.93. The summed E-state index contributed by atoms with van der Waals surface area (Å²) in [7, 11) is -4.21. The Morgan fingerprint density at radius 2 is 2.26 bits per heavy atom. The number of aromatic nitrogens is 4. The summed E-state index contributed by atoms with van der Waals surface area (Å²) in [5.41, 5.74) is 6.24. The fraction of sp³-hybridized carbons (Fsp3) is 0.500. The van der Waals surface area contributed by atoms with Crippen molar-refractivity contribution in [3.05, 3.63) is 11.6 Å². The molecule has 2 aliphatic heterocycles. The molecule has 2 saturated heterocycles. The maximum absolute atomic E-state index is 11.5. The first kappa shape index (κ1) is 15.2. The molecule has 0 radical (unpaired) electrons. The van der Waals surface area contributed by atoms with E-state index in [2.05, 4.69) is 19.5 Å². The molecule has 4 N–H and O–H groups in total. The highest BCUT2D eigenvalue weighted by atomic mass is 35.5. The van der Waals surface area contributed by atoms with Crippen LogP contribution in [-0.4, -0.2) is 54.4 Å². The molecule has 11 nitrogen and oxygen atoms in total. The predicted octanol–water partition coefficient (Wildman–Crippen LogP) is -0.164. The molecule has 0 spiro atoms. The van der Waals surface area contributed by atoms with Crippen molar-refractivity contribution in [1.29, 1.82) is 0 Å². The molecule has 124 valence electrons. The Morgan fingerprint density at radius 3 is 3.04 bits per heavy atom. The lowest BCUT2D eigenvalue weighted by molar-refractivity contribution is -0.0663. The van der Waals surface area contributed by atoms with Gasteiger partial charge in [-0.15, -0.1) is 0 Å². The molecule has 23 heavy (non-hydrogen) atoms. The molecular weight excluding hydrogens is 353 g/mol. The van der Waals surface area contributed by atoms with Crippen molar-refractivity contribution in [2.45, 2.75) is 24.5 Å². The zero-order chi connectivity index (χ0) is 16.4. The maximum Gasteiger partial charge on any atom is 0.472 e. The van der Waals surface area contributed by atoms with Crippen molar-refractivity contribution in [3.63, 3.8) is 0 Å². The van der Waals surface area contributed by atoms with Crippen molar-refractivity contribution in [2.75, 3.05) is 12.3 Å². The minimum absolute atomic E-state index is 0.0250. The summed E-state index contributed by atoms with van der Waals surface area (Å²) in [5.74, 6) is 0.125. The number of anilines is 1. The molecule has 0 bridgehead atoms. The summed E-state index contributed by atoms with van der Waals surface area (Å²) in [6, 6.07) is 0. The van der Waals surface area contributed by atoms with Gasteiger partial charge in [0.2, 0.25) is 5.28 Å². The van der Waals surface area contributed by atoms with E-state index in [-0.39, 0.29) is 28.9 Å². The molecule has 2 unspecified atom stereocenters. The largest absolute Gasteiger partial charge is 0.472 e. The summed E-state index contributed by atoms with van der Waals surface area (Å²) in [6.45, 7) is -0.201. The van der Waals surface area contributed by atoms with Crippen LogP contribution in [-0.2, 0) is 18.3 Å². The van der Waals surface area contributed by atoms with Crippen molar-refractivity contribution in [2.24, 2.45) is 0 Å². The van der Waals surface area contributed by atoms with E-state index in [0.29, 0.717) is 0 Å². The Balaban J connectivity index is 1.76. The average Bonchev–Trinajstić information content (AvgIpc) is 2.97. The highest BCUT2D eigenvalue weighted by Gasteiger charge is 2.53. The van der Waals surface area contributed by atoms with Crippen LogP contribution in [0.3, 0.4) is 0 Å². The van der Waals surface area contributed by atoms with Gasteiger partial charge in [0.05, 0.1) is 6.61 Å². The van der Waals surface area contributed by atoms with Gasteiger partial charge in [-0.1, -0.05) is 0 Å². The first-order valence-corrected chi connectivity index (χ1v) is 8.38. The second-order valence-corrected chi connectivity index (χ2v) is 6.82. The SMILES string of the molecule is Nc1ncnc2c1nc(Cl)n2[C@@H]1OC2COP(=O)(O)O[C@H]2[C@H]1O. The predicted molar refractivity (Wildman–Crippen MR) is 75.3 cm³/mol. The third kappa shape index (κ3) is 2.32. The number of rotatable bonds is 1. The molecule has 13 heteroatoms. The third-order valence-electron chi connectivity index (χ3n) is 3.68. The Kier molecular flexibility index (Phi) is 3.36. The number of hydrogen-bond acceptors (Lipinski definition) is 9. The van der Waals surface area contributed by atoms with Gasteiger partial charge in [0.25, 0.3) is 0 Å². The number of phosphoric acid groups is 1. The fourth-order valence-electron chi connectivity index (χ4n) is 2.67. The van der Waals surface area contributed by atoms with Crippen LogP contribution in [0.15, 0.2) is 6.33 Å². The normalized spacial score (nSPS) is 37.2. The van der Waals surface area contributed by atoms with Gasteiger partial charge in [0.1, 0.15) is 24.6 Å². The zero-order valence-electron chi connectivity index (χ0n) is 11.3. The van der Waals surface area contributed by atoms with Crippen molar-refractivity contribution in [3.8, 4) is 0 Å². The number of aliphatic hydroxyl groups excluding tert-OH is 1. The molecule has 0 saturated carbocycles. The van der Waals surface area contributed by atoms with Gasteiger partial charge in [-0.3, -0.25) is 13.6 Å². The van der Waals surface area contributed by atoms with Crippen molar-refractivity contribution in [1.82, 2.24) is 19.5 Å². The molecule has 2 fully saturated rings. The summed E-state index contributed by atoms with van der Waals surface area (Å²) in [4.78, 5) is 21.3. The van der Waals surface area contributed by atoms with Gasteiger partial charge in [0.15, 0.2) is 23.2 Å². The Labute approximate surface area is 133 Å². The number of aliphatic hydroxyl groups is 1. The Bertz CT molecular complexity index is 831. The number of nitrogens with two attached hydrogens (primary N) is 1. The van der Waals surface area contributed by atoms with Crippen LogP contribution in [0.25, 0.3) is 11.2 Å². The van der Waals surface area contributed by atoms with Gasteiger partial charge in [-0.2, -0.15) is 0 Å². The van der Waals surface area contributed by atoms with E-state index in [0.717, 1.165) is 0 Å². The molecule has 2 aromatic rings. The molecule has 4 rings (SSSR count). The second-order valence-electron chi connectivity index (χ2n) is 5.07. The van der Waals surface area contributed by atoms with E-state index in [1.807, 2.05) is 0 Å². The van der Waals surface area contributed by atoms with E-state index in [4.69, 9.17) is 26.6 Å². The quantitative estimate of drug-likeness (QED) is 0.459. The number of nitrogen functional groups attached to an aromatic ring is 1. The smallest absolute Gasteiger partial charge is 0.386 e. The first-order chi connectivity index (χ1) is 10.9. The van der Waals surface area contributed by atoms with Crippen LogP contribution in [0.2, 0.25) is 5.28 Å². The van der Waals surface area contributed by atoms with E-state index >= 15 is 0 Å². The number of halogens is 1. The van der Waals surface area contributed by atoms with E-state index in [9.17, 15) is 14.6 Å². The number of ether oxygens (including phenoxy) is 1. The lowest BCUT2D eigenvalue weighted by atomic mass is 10.1. The van der Waals surface area contributed by atoms with Crippen molar-refractivity contribution >= 4 is 36.4 Å². The number of fused-ring (bicyclic) bond motifs is 2. The van der Waals surface area contributed by atoms with E-state index in [1.54, 1.807) is 0 Å². The summed E-state index contributed by atoms with van der Waals surface area (Å²) in [6.07, 6.45) is -2.87. The second kappa shape index (κ2) is 5.08. The lowest BCUT2D eigenvalue weighted by Gasteiger charge is -2.27. The fourth-order valence-corrected chi connectivity index (χ4v) is 3.90. The summed E-state index contributed by atoms with van der Waals surface area (Å²) < 4.78 is 28.0. The molecule has 2 aromatic heterocycles. The molecule has 0 aliphatic carbocycles. The van der Waals surface area contributed by atoms with Crippen LogP contribution in [0, 0.1) is 0 Å². The molecule has 0 aromatic carbocycles. The lowest BCUT2D eigenvalue weighted by Crippen LogP contribution is -2.39. The monoisotopic (exact) mass is 363 g/mol.